The number of pyridine rings is 1. The maximum atomic E-state index is 5.79. The molecule has 0 amide bonds. The van der Waals surface area contributed by atoms with Crippen molar-refractivity contribution in [3.63, 3.8) is 0 Å². The number of nitrogens with zero attached hydrogens (tertiary/aromatic N) is 2. The third-order valence-corrected chi connectivity index (χ3v) is 2.64. The van der Waals surface area contributed by atoms with E-state index in [-0.39, 0.29) is 0 Å². The molecule has 0 aliphatic heterocycles. The molecule has 0 saturated carbocycles. The van der Waals surface area contributed by atoms with Gasteiger partial charge in [-0.15, -0.1) is 11.3 Å². The van der Waals surface area contributed by atoms with Crippen LogP contribution in [0.4, 0.5) is 5.69 Å². The Bertz CT molecular complexity index is 402. The van der Waals surface area contributed by atoms with Gasteiger partial charge in [-0.25, -0.2) is 0 Å². The summed E-state index contributed by atoms with van der Waals surface area (Å²) in [4.78, 5) is 9.15. The lowest BCUT2D eigenvalue weighted by atomic mass is 10.4. The molecule has 72 valence electrons. The Labute approximate surface area is 90.8 Å². The molecule has 0 bridgehead atoms. The molecule has 2 aromatic heterocycles. The minimum atomic E-state index is 0.638. The second kappa shape index (κ2) is 4.39. The van der Waals surface area contributed by atoms with Gasteiger partial charge in [0, 0.05) is 17.3 Å². The Hall–Kier alpha value is -1.13. The number of hydrogen-bond donors (Lipinski definition) is 1. The van der Waals surface area contributed by atoms with Gasteiger partial charge >= 0.3 is 0 Å². The fraction of sp³-hybridized carbons (Fsp3) is 0.111. The van der Waals surface area contributed by atoms with Crippen LogP contribution in [0, 0.1) is 0 Å². The first kappa shape index (κ1) is 9.43. The van der Waals surface area contributed by atoms with Crippen molar-refractivity contribution in [2.75, 3.05) is 5.32 Å². The molecular weight excluding hydrogens is 218 g/mol. The summed E-state index contributed by atoms with van der Waals surface area (Å²) in [5, 5.41) is 3.85. The zero-order valence-electron chi connectivity index (χ0n) is 7.27. The lowest BCUT2D eigenvalue weighted by Crippen LogP contribution is -1.97. The number of anilines is 1. The van der Waals surface area contributed by atoms with Crippen LogP contribution in [0.3, 0.4) is 0 Å². The van der Waals surface area contributed by atoms with E-state index in [4.69, 9.17) is 11.6 Å². The first-order valence-corrected chi connectivity index (χ1v) is 5.32. The van der Waals surface area contributed by atoms with E-state index in [1.54, 1.807) is 23.7 Å². The molecule has 0 spiro atoms. The van der Waals surface area contributed by atoms with Crippen LogP contribution >= 0.6 is 22.9 Å². The Kier molecular flexibility index (Phi) is 2.96. The smallest absolute Gasteiger partial charge is 0.0794 e. The Morgan fingerprint density at radius 1 is 1.29 bits per heavy atom. The third-order valence-electron chi connectivity index (χ3n) is 1.66. The van der Waals surface area contributed by atoms with Crippen molar-refractivity contribution in [1.29, 1.82) is 0 Å². The quantitative estimate of drug-likeness (QED) is 0.873. The third kappa shape index (κ3) is 2.43. The van der Waals surface area contributed by atoms with Crippen LogP contribution in [-0.4, -0.2) is 9.97 Å². The second-order valence-corrected chi connectivity index (χ2v) is 4.12. The van der Waals surface area contributed by atoms with Gasteiger partial charge in [0.25, 0.3) is 0 Å². The number of hydrogen-bond acceptors (Lipinski definition) is 4. The Morgan fingerprint density at radius 2 is 2.21 bits per heavy atom. The van der Waals surface area contributed by atoms with E-state index in [0.29, 0.717) is 5.02 Å². The summed E-state index contributed by atoms with van der Waals surface area (Å²) in [5.41, 5.74) is 2.73. The maximum absolute atomic E-state index is 5.79. The summed E-state index contributed by atoms with van der Waals surface area (Å²) >= 11 is 7.41. The predicted octanol–water partition coefficient (Wildman–Crippen LogP) is 2.80. The molecule has 0 aromatic carbocycles. The zero-order chi connectivity index (χ0) is 9.80. The van der Waals surface area contributed by atoms with Crippen molar-refractivity contribution in [2.24, 2.45) is 0 Å². The molecule has 5 heteroatoms. The minimum absolute atomic E-state index is 0.638. The summed E-state index contributed by atoms with van der Waals surface area (Å²) in [6.07, 6.45) is 5.20. The zero-order valence-corrected chi connectivity index (χ0v) is 8.85. The van der Waals surface area contributed by atoms with Gasteiger partial charge in [-0.05, 0) is 6.07 Å². The van der Waals surface area contributed by atoms with Gasteiger partial charge < -0.3 is 5.32 Å². The maximum Gasteiger partial charge on any atom is 0.0794 e. The highest BCUT2D eigenvalue weighted by Gasteiger charge is 1.96. The van der Waals surface area contributed by atoms with Gasteiger partial charge in [0.1, 0.15) is 0 Å². The lowest BCUT2D eigenvalue weighted by Gasteiger charge is -2.03. The van der Waals surface area contributed by atoms with E-state index in [0.717, 1.165) is 12.2 Å². The van der Waals surface area contributed by atoms with Gasteiger partial charge in [-0.2, -0.15) is 0 Å². The van der Waals surface area contributed by atoms with Crippen molar-refractivity contribution < 1.29 is 0 Å². The van der Waals surface area contributed by atoms with Gasteiger partial charge in [-0.1, -0.05) is 11.6 Å². The summed E-state index contributed by atoms with van der Waals surface area (Å²) in [7, 11) is 0. The molecule has 2 rings (SSSR count). The van der Waals surface area contributed by atoms with Crippen molar-refractivity contribution in [3.05, 3.63) is 40.1 Å². The van der Waals surface area contributed by atoms with Crippen LogP contribution in [-0.2, 0) is 6.54 Å². The largest absolute Gasteiger partial charge is 0.379 e. The highest BCUT2D eigenvalue weighted by molar-refractivity contribution is 7.09. The van der Waals surface area contributed by atoms with Crippen molar-refractivity contribution in [3.8, 4) is 0 Å². The lowest BCUT2D eigenvalue weighted by molar-refractivity contribution is 1.16. The highest BCUT2D eigenvalue weighted by atomic mass is 35.5. The normalized spacial score (nSPS) is 10.1. The average Bonchev–Trinajstić information content (AvgIpc) is 2.67. The van der Waals surface area contributed by atoms with Crippen LogP contribution in [0.1, 0.15) is 4.88 Å². The molecule has 0 aliphatic rings. The van der Waals surface area contributed by atoms with Crippen molar-refractivity contribution in [2.45, 2.75) is 6.54 Å². The Balaban J connectivity index is 1.98. The number of thiazole rings is 1. The number of nitrogens with one attached hydrogen (secondary N) is 1. The predicted molar refractivity (Wildman–Crippen MR) is 58.7 cm³/mol. The van der Waals surface area contributed by atoms with E-state index in [1.807, 2.05) is 17.8 Å². The number of rotatable bonds is 3. The summed E-state index contributed by atoms with van der Waals surface area (Å²) in [5.74, 6) is 0. The topological polar surface area (TPSA) is 37.8 Å². The second-order valence-electron chi connectivity index (χ2n) is 2.71. The molecule has 0 radical (unpaired) electrons. The molecular formula is C9H8ClN3S. The molecule has 2 heterocycles. The fourth-order valence-electron chi connectivity index (χ4n) is 1.03. The van der Waals surface area contributed by atoms with E-state index >= 15 is 0 Å². The highest BCUT2D eigenvalue weighted by Crippen LogP contribution is 2.14. The molecule has 0 saturated heterocycles. The molecule has 1 N–H and O–H groups in total. The van der Waals surface area contributed by atoms with Gasteiger partial charge in [0.05, 0.1) is 29.0 Å². The van der Waals surface area contributed by atoms with Crippen molar-refractivity contribution in [1.82, 2.24) is 9.97 Å². The van der Waals surface area contributed by atoms with E-state index in [1.165, 1.54) is 4.88 Å². The first-order valence-electron chi connectivity index (χ1n) is 4.06. The molecule has 0 atom stereocenters. The van der Waals surface area contributed by atoms with Crippen LogP contribution in [0.25, 0.3) is 0 Å². The van der Waals surface area contributed by atoms with Gasteiger partial charge in [-0.3, -0.25) is 9.97 Å². The minimum Gasteiger partial charge on any atom is -0.379 e. The van der Waals surface area contributed by atoms with Crippen LogP contribution in [0.5, 0.6) is 0 Å². The molecule has 0 unspecified atom stereocenters. The van der Waals surface area contributed by atoms with E-state index in [9.17, 15) is 0 Å². The average molecular weight is 226 g/mol. The van der Waals surface area contributed by atoms with Gasteiger partial charge in [0.15, 0.2) is 0 Å². The fourth-order valence-corrected chi connectivity index (χ4v) is 1.74. The monoisotopic (exact) mass is 225 g/mol. The van der Waals surface area contributed by atoms with Crippen LogP contribution < -0.4 is 5.32 Å². The SMILES string of the molecule is Clc1cncc(NCc2cncs2)c1. The Morgan fingerprint density at radius 3 is 2.93 bits per heavy atom. The van der Waals surface area contributed by atoms with E-state index < -0.39 is 0 Å². The first-order chi connectivity index (χ1) is 6.84. The number of aromatic nitrogens is 2. The van der Waals surface area contributed by atoms with Crippen LogP contribution in [0.15, 0.2) is 30.2 Å². The summed E-state index contributed by atoms with van der Waals surface area (Å²) in [6.45, 7) is 0.757. The van der Waals surface area contributed by atoms with E-state index in [2.05, 4.69) is 15.3 Å². The summed E-state index contributed by atoms with van der Waals surface area (Å²) < 4.78 is 0. The van der Waals surface area contributed by atoms with Crippen molar-refractivity contribution >= 4 is 28.6 Å². The molecule has 2 aromatic rings. The standard InChI is InChI=1S/C9H8ClN3S/c10-7-1-8(3-11-2-7)13-5-9-4-12-6-14-9/h1-4,6,13H,5H2. The molecule has 3 nitrogen and oxygen atoms in total. The van der Waals surface area contributed by atoms with Crippen LogP contribution in [0.2, 0.25) is 5.02 Å². The molecule has 14 heavy (non-hydrogen) atoms. The summed E-state index contributed by atoms with van der Waals surface area (Å²) in [6, 6.07) is 1.84. The molecule has 0 aliphatic carbocycles. The number of halogens is 1. The van der Waals surface area contributed by atoms with Gasteiger partial charge in [0.2, 0.25) is 0 Å². The molecule has 0 fully saturated rings.